The van der Waals surface area contributed by atoms with Gasteiger partial charge in [-0.3, -0.25) is 0 Å². The Morgan fingerprint density at radius 1 is 0.926 bits per heavy atom. The number of thiocarbonyl (C=S) groups is 1. The summed E-state index contributed by atoms with van der Waals surface area (Å²) in [6, 6.07) is 13.6. The number of aryl methyl sites for hydroxylation is 3. The van der Waals surface area contributed by atoms with Gasteiger partial charge in [0.1, 0.15) is 0 Å². The minimum Gasteiger partial charge on any atom is -0.346 e. The molecule has 2 aromatic carbocycles. The Labute approximate surface area is 167 Å². The lowest BCUT2D eigenvalue weighted by atomic mass is 10.2. The molecule has 144 valence electrons. The van der Waals surface area contributed by atoms with Crippen molar-refractivity contribution in [1.29, 1.82) is 0 Å². The second kappa shape index (κ2) is 7.96. The van der Waals surface area contributed by atoms with E-state index in [0.717, 1.165) is 16.8 Å². The van der Waals surface area contributed by atoms with Crippen LogP contribution >= 0.6 is 12.2 Å². The van der Waals surface area contributed by atoms with Gasteiger partial charge >= 0.3 is 0 Å². The van der Waals surface area contributed by atoms with E-state index in [4.69, 9.17) is 12.2 Å². The predicted octanol–water partition coefficient (Wildman–Crippen LogP) is 3.32. The zero-order valence-electron chi connectivity index (χ0n) is 15.9. The van der Waals surface area contributed by atoms with Gasteiger partial charge in [-0.25, -0.2) is 8.42 Å². The van der Waals surface area contributed by atoms with Crippen LogP contribution in [0.15, 0.2) is 47.4 Å². The first-order valence-corrected chi connectivity index (χ1v) is 10.8. The summed E-state index contributed by atoms with van der Waals surface area (Å²) in [5, 5.41) is 3.86. The fraction of sp³-hybridized carbons (Fsp3) is 0.350. The molecule has 0 bridgehead atoms. The van der Waals surface area contributed by atoms with E-state index in [1.54, 1.807) is 10.4 Å². The van der Waals surface area contributed by atoms with Crippen molar-refractivity contribution in [2.24, 2.45) is 0 Å². The summed E-state index contributed by atoms with van der Waals surface area (Å²) in [6.07, 6.45) is 0. The summed E-state index contributed by atoms with van der Waals surface area (Å²) in [7, 11) is -3.48. The van der Waals surface area contributed by atoms with Gasteiger partial charge in [-0.1, -0.05) is 29.8 Å². The Balaban J connectivity index is 1.65. The van der Waals surface area contributed by atoms with Gasteiger partial charge in [0, 0.05) is 31.9 Å². The number of nitrogens with one attached hydrogen (secondary N) is 1. The molecule has 0 aliphatic carbocycles. The number of anilines is 1. The van der Waals surface area contributed by atoms with Gasteiger partial charge in [0.05, 0.1) is 4.90 Å². The molecule has 0 saturated carbocycles. The molecule has 1 aliphatic rings. The standard InChI is InChI=1S/C20H25N3O2S2/c1-15-5-8-18(9-6-15)21-20(26)22-10-12-23(13-11-22)27(24,25)19-14-16(2)4-7-17(19)3/h4-9,14H,10-13H2,1-3H3,(H,21,26). The largest absolute Gasteiger partial charge is 0.346 e. The lowest BCUT2D eigenvalue weighted by Crippen LogP contribution is -2.51. The van der Waals surface area contributed by atoms with Crippen LogP contribution in [0.4, 0.5) is 5.69 Å². The molecule has 0 radical (unpaired) electrons. The van der Waals surface area contributed by atoms with E-state index >= 15 is 0 Å². The Bertz CT molecular complexity index is 932. The number of hydrogen-bond acceptors (Lipinski definition) is 3. The minimum atomic E-state index is -3.48. The van der Waals surface area contributed by atoms with Gasteiger partial charge < -0.3 is 10.2 Å². The Hall–Kier alpha value is -1.96. The summed E-state index contributed by atoms with van der Waals surface area (Å²) in [4.78, 5) is 2.42. The molecule has 1 aliphatic heterocycles. The van der Waals surface area contributed by atoms with Crippen molar-refractivity contribution in [3.8, 4) is 0 Å². The Kier molecular flexibility index (Phi) is 5.83. The van der Waals surface area contributed by atoms with Crippen LogP contribution in [-0.4, -0.2) is 48.9 Å². The first-order valence-electron chi connectivity index (χ1n) is 8.97. The summed E-state index contributed by atoms with van der Waals surface area (Å²) in [5.41, 5.74) is 3.86. The lowest BCUT2D eigenvalue weighted by Gasteiger charge is -2.35. The van der Waals surface area contributed by atoms with Gasteiger partial charge in [0.15, 0.2) is 5.11 Å². The second-order valence-electron chi connectivity index (χ2n) is 6.96. The van der Waals surface area contributed by atoms with Gasteiger partial charge in [-0.2, -0.15) is 4.31 Å². The molecule has 0 spiro atoms. The molecule has 0 aromatic heterocycles. The quantitative estimate of drug-likeness (QED) is 0.797. The van der Waals surface area contributed by atoms with Crippen molar-refractivity contribution in [3.63, 3.8) is 0 Å². The van der Waals surface area contributed by atoms with E-state index in [9.17, 15) is 8.42 Å². The molecule has 0 amide bonds. The van der Waals surface area contributed by atoms with Crippen LogP contribution in [-0.2, 0) is 10.0 Å². The smallest absolute Gasteiger partial charge is 0.243 e. The molecule has 1 fully saturated rings. The molecule has 0 unspecified atom stereocenters. The highest BCUT2D eigenvalue weighted by atomic mass is 32.2. The van der Waals surface area contributed by atoms with Gasteiger partial charge in [0.2, 0.25) is 10.0 Å². The van der Waals surface area contributed by atoms with Crippen LogP contribution in [0, 0.1) is 20.8 Å². The fourth-order valence-electron chi connectivity index (χ4n) is 3.10. The molecule has 3 rings (SSSR count). The third kappa shape index (κ3) is 4.48. The Morgan fingerprint density at radius 3 is 2.15 bits per heavy atom. The van der Waals surface area contributed by atoms with Crippen LogP contribution in [0.25, 0.3) is 0 Å². The number of sulfonamides is 1. The van der Waals surface area contributed by atoms with Crippen molar-refractivity contribution in [2.45, 2.75) is 25.7 Å². The number of rotatable bonds is 3. The molecule has 1 saturated heterocycles. The van der Waals surface area contributed by atoms with Gasteiger partial charge in [-0.05, 0) is 62.3 Å². The van der Waals surface area contributed by atoms with Crippen molar-refractivity contribution >= 4 is 33.0 Å². The zero-order chi connectivity index (χ0) is 19.6. The minimum absolute atomic E-state index is 0.399. The Morgan fingerprint density at radius 2 is 1.52 bits per heavy atom. The molecular formula is C20H25N3O2S2. The number of benzene rings is 2. The number of nitrogens with zero attached hydrogens (tertiary/aromatic N) is 2. The zero-order valence-corrected chi connectivity index (χ0v) is 17.5. The van der Waals surface area contributed by atoms with Crippen LogP contribution in [0.2, 0.25) is 0 Å². The average molecular weight is 404 g/mol. The molecule has 2 aromatic rings. The van der Waals surface area contributed by atoms with E-state index in [0.29, 0.717) is 36.2 Å². The number of piperazine rings is 1. The van der Waals surface area contributed by atoms with Crippen molar-refractivity contribution < 1.29 is 8.42 Å². The highest BCUT2D eigenvalue weighted by molar-refractivity contribution is 7.89. The topological polar surface area (TPSA) is 52.6 Å². The van der Waals surface area contributed by atoms with E-state index < -0.39 is 10.0 Å². The maximum atomic E-state index is 13.0. The average Bonchev–Trinajstić information content (AvgIpc) is 2.65. The van der Waals surface area contributed by atoms with Crippen molar-refractivity contribution in [1.82, 2.24) is 9.21 Å². The van der Waals surface area contributed by atoms with E-state index in [2.05, 4.69) is 5.32 Å². The molecule has 5 nitrogen and oxygen atoms in total. The summed E-state index contributed by atoms with van der Waals surface area (Å²) in [6.45, 7) is 7.77. The first-order chi connectivity index (χ1) is 12.8. The second-order valence-corrected chi connectivity index (χ2v) is 9.25. The van der Waals surface area contributed by atoms with Gasteiger partial charge in [0.25, 0.3) is 0 Å². The molecular weight excluding hydrogens is 378 g/mol. The maximum Gasteiger partial charge on any atom is 0.243 e. The molecule has 7 heteroatoms. The van der Waals surface area contributed by atoms with Crippen LogP contribution in [0.1, 0.15) is 16.7 Å². The molecule has 27 heavy (non-hydrogen) atoms. The lowest BCUT2D eigenvalue weighted by molar-refractivity contribution is 0.268. The SMILES string of the molecule is Cc1ccc(NC(=S)N2CCN(S(=O)(=O)c3cc(C)ccc3C)CC2)cc1. The van der Waals surface area contributed by atoms with E-state index in [-0.39, 0.29) is 0 Å². The molecule has 1 heterocycles. The summed E-state index contributed by atoms with van der Waals surface area (Å²) in [5.74, 6) is 0. The fourth-order valence-corrected chi connectivity index (χ4v) is 5.13. The van der Waals surface area contributed by atoms with Crippen molar-refractivity contribution in [2.75, 3.05) is 31.5 Å². The number of hydrogen-bond donors (Lipinski definition) is 1. The predicted molar refractivity (Wildman–Crippen MR) is 114 cm³/mol. The molecule has 0 atom stereocenters. The van der Waals surface area contributed by atoms with Gasteiger partial charge in [-0.15, -0.1) is 0 Å². The van der Waals surface area contributed by atoms with Crippen LogP contribution < -0.4 is 5.32 Å². The maximum absolute atomic E-state index is 13.0. The first kappa shape index (κ1) is 19.8. The summed E-state index contributed by atoms with van der Waals surface area (Å²) >= 11 is 5.50. The third-order valence-corrected chi connectivity index (χ3v) is 7.19. The van der Waals surface area contributed by atoms with Crippen molar-refractivity contribution in [3.05, 3.63) is 59.2 Å². The highest BCUT2D eigenvalue weighted by Crippen LogP contribution is 2.22. The highest BCUT2D eigenvalue weighted by Gasteiger charge is 2.30. The monoisotopic (exact) mass is 403 g/mol. The van der Waals surface area contributed by atoms with E-state index in [1.165, 1.54) is 5.56 Å². The normalized spacial score (nSPS) is 15.6. The van der Waals surface area contributed by atoms with Crippen LogP contribution in [0.5, 0.6) is 0 Å². The summed E-state index contributed by atoms with van der Waals surface area (Å²) < 4.78 is 27.6. The third-order valence-electron chi connectivity index (χ3n) is 4.79. The molecule has 1 N–H and O–H groups in total. The van der Waals surface area contributed by atoms with E-state index in [1.807, 2.05) is 62.1 Å². The van der Waals surface area contributed by atoms with Crippen LogP contribution in [0.3, 0.4) is 0 Å².